The zero-order valence-corrected chi connectivity index (χ0v) is 23.3. The van der Waals surface area contributed by atoms with E-state index in [1.54, 1.807) is 0 Å². The lowest BCUT2D eigenvalue weighted by Gasteiger charge is -2.25. The van der Waals surface area contributed by atoms with Crippen molar-refractivity contribution in [3.63, 3.8) is 0 Å². The molecule has 0 heterocycles. The van der Waals surface area contributed by atoms with Gasteiger partial charge in [0.05, 0.1) is 12.7 Å². The number of aliphatic carboxylic acids is 1. The van der Waals surface area contributed by atoms with E-state index in [0.717, 1.165) is 0 Å². The van der Waals surface area contributed by atoms with Crippen LogP contribution < -0.4 is 44.2 Å². The van der Waals surface area contributed by atoms with Gasteiger partial charge in [0.1, 0.15) is 30.2 Å². The lowest BCUT2D eigenvalue weighted by atomic mass is 10.1. The molecule has 0 aliphatic heterocycles. The van der Waals surface area contributed by atoms with Crippen molar-refractivity contribution in [2.75, 3.05) is 25.4 Å². The molecule has 15 N–H and O–H groups in total. The molecule has 4 amide bonds. The summed E-state index contributed by atoms with van der Waals surface area (Å²) in [6.45, 7) is 0.922. The van der Waals surface area contributed by atoms with Gasteiger partial charge in [0.25, 0.3) is 0 Å². The van der Waals surface area contributed by atoms with Crippen LogP contribution in [0.15, 0.2) is 4.99 Å². The molecule has 0 unspecified atom stereocenters. The van der Waals surface area contributed by atoms with E-state index in [-0.39, 0.29) is 37.5 Å². The Labute approximate surface area is 237 Å². The van der Waals surface area contributed by atoms with E-state index in [1.807, 2.05) is 0 Å². The molecule has 0 aromatic carbocycles. The maximum atomic E-state index is 12.9. The lowest BCUT2D eigenvalue weighted by molar-refractivity contribution is -0.142. The molecule has 0 spiro atoms. The molecule has 0 aromatic heterocycles. The molecule has 0 rings (SSSR count). The smallest absolute Gasteiger partial charge is 0.326 e. The number of hydrogen-bond donors (Lipinski definition) is 12. The maximum absolute atomic E-state index is 12.9. The highest BCUT2D eigenvalue weighted by Crippen LogP contribution is 2.04. The Hall–Kier alpha value is -3.19. The minimum absolute atomic E-state index is 0.00358. The molecule has 0 saturated carbocycles. The van der Waals surface area contributed by atoms with Crippen LogP contribution in [-0.4, -0.2) is 113 Å². The number of guanidine groups is 1. The average molecular weight is 594 g/mol. The topological polar surface area (TPSA) is 311 Å². The third-order valence-electron chi connectivity index (χ3n) is 5.59. The van der Waals surface area contributed by atoms with Crippen LogP contribution in [0, 0.1) is 0 Å². The van der Waals surface area contributed by atoms with Crippen LogP contribution in [-0.2, 0) is 24.0 Å². The largest absolute Gasteiger partial charge is 0.480 e. The lowest BCUT2D eigenvalue weighted by Crippen LogP contribution is -2.60. The number of aliphatic imine (C=N–C) groups is 1. The van der Waals surface area contributed by atoms with Crippen molar-refractivity contribution in [1.82, 2.24) is 21.3 Å². The van der Waals surface area contributed by atoms with E-state index in [4.69, 9.17) is 22.9 Å². The quantitative estimate of drug-likeness (QED) is 0.0273. The summed E-state index contributed by atoms with van der Waals surface area (Å²) in [5, 5.41) is 38.0. The Morgan fingerprint density at radius 3 is 1.82 bits per heavy atom. The number of carbonyl (C=O) groups excluding carboxylic acids is 4. The minimum Gasteiger partial charge on any atom is -0.480 e. The van der Waals surface area contributed by atoms with Gasteiger partial charge >= 0.3 is 5.97 Å². The first kappa shape index (κ1) is 36.8. The van der Waals surface area contributed by atoms with Crippen molar-refractivity contribution in [2.24, 2.45) is 27.9 Å². The summed E-state index contributed by atoms with van der Waals surface area (Å²) >= 11 is 4.02. The molecule has 40 heavy (non-hydrogen) atoms. The summed E-state index contributed by atoms with van der Waals surface area (Å²) < 4.78 is 0. The predicted molar refractivity (Wildman–Crippen MR) is 149 cm³/mol. The second-order valence-corrected chi connectivity index (χ2v) is 9.31. The first-order valence-electron chi connectivity index (χ1n) is 12.6. The highest BCUT2D eigenvalue weighted by Gasteiger charge is 2.31. The van der Waals surface area contributed by atoms with Gasteiger partial charge in [-0.05, 0) is 45.6 Å². The fourth-order valence-electron chi connectivity index (χ4n) is 3.21. The standard InChI is InChI=1S/C22H43N9O8S/c1-11(33)16(24)20(37)28-12(5-2-3-7-23)17(34)30-14(9-32)18(35)31-15(10-40)19(36)29-13(21(38)39)6-4-8-27-22(25)26/h11-16,32-33,40H,2-10,23-24H2,1H3,(H,28,37)(H,29,36)(H,30,34)(H,31,35)(H,38,39)(H4,25,26,27)/t11-,12-,13+,14+,15-,16+/m1/s1. The Morgan fingerprint density at radius 1 is 0.825 bits per heavy atom. The Kier molecular flexibility index (Phi) is 18.2. The molecule has 6 atom stereocenters. The molecule has 0 aliphatic carbocycles. The number of amides is 4. The van der Waals surface area contributed by atoms with Gasteiger partial charge in [-0.1, -0.05) is 0 Å². The van der Waals surface area contributed by atoms with Gasteiger partial charge in [-0.15, -0.1) is 0 Å². The Balaban J connectivity index is 5.34. The summed E-state index contributed by atoms with van der Waals surface area (Å²) in [5.41, 5.74) is 21.5. The van der Waals surface area contributed by atoms with Gasteiger partial charge in [-0.3, -0.25) is 24.2 Å². The summed E-state index contributed by atoms with van der Waals surface area (Å²) in [6.07, 6.45) is 0.159. The van der Waals surface area contributed by atoms with Crippen molar-refractivity contribution in [3.05, 3.63) is 0 Å². The number of aliphatic hydroxyl groups is 2. The second kappa shape index (κ2) is 19.8. The van der Waals surface area contributed by atoms with Crippen LogP contribution in [0.4, 0.5) is 0 Å². The van der Waals surface area contributed by atoms with E-state index in [1.165, 1.54) is 6.92 Å². The first-order valence-corrected chi connectivity index (χ1v) is 13.3. The molecule has 18 heteroatoms. The van der Waals surface area contributed by atoms with Gasteiger partial charge in [-0.2, -0.15) is 12.6 Å². The number of carbonyl (C=O) groups is 5. The summed E-state index contributed by atoms with van der Waals surface area (Å²) in [5.74, 6) is -5.16. The van der Waals surface area contributed by atoms with Gasteiger partial charge in [0.15, 0.2) is 5.96 Å². The van der Waals surface area contributed by atoms with Crippen LogP contribution in [0.25, 0.3) is 0 Å². The van der Waals surface area contributed by atoms with E-state index in [0.29, 0.717) is 19.4 Å². The van der Waals surface area contributed by atoms with Crippen molar-refractivity contribution in [3.8, 4) is 0 Å². The number of carboxylic acid groups (broad SMARTS) is 1. The van der Waals surface area contributed by atoms with Crippen LogP contribution in [0.3, 0.4) is 0 Å². The zero-order chi connectivity index (χ0) is 30.8. The number of unbranched alkanes of at least 4 members (excludes halogenated alkanes) is 1. The van der Waals surface area contributed by atoms with Crippen molar-refractivity contribution < 1.29 is 39.3 Å². The number of carboxylic acids is 1. The number of nitrogens with zero attached hydrogens (tertiary/aromatic N) is 1. The molecule has 0 aliphatic rings. The molecule has 0 aromatic rings. The second-order valence-electron chi connectivity index (χ2n) is 8.95. The van der Waals surface area contributed by atoms with Crippen LogP contribution in [0.1, 0.15) is 39.0 Å². The van der Waals surface area contributed by atoms with E-state index in [9.17, 15) is 39.3 Å². The molecular weight excluding hydrogens is 550 g/mol. The number of thiol groups is 1. The van der Waals surface area contributed by atoms with Crippen molar-refractivity contribution >= 4 is 48.2 Å². The highest BCUT2D eigenvalue weighted by atomic mass is 32.1. The van der Waals surface area contributed by atoms with E-state index < -0.39 is 72.5 Å². The van der Waals surface area contributed by atoms with Crippen LogP contribution in [0.2, 0.25) is 0 Å². The highest BCUT2D eigenvalue weighted by molar-refractivity contribution is 7.80. The summed E-state index contributed by atoms with van der Waals surface area (Å²) in [6, 6.07) is -6.62. The third kappa shape index (κ3) is 14.3. The van der Waals surface area contributed by atoms with Gasteiger partial charge in [0.2, 0.25) is 23.6 Å². The molecule has 0 radical (unpaired) electrons. The van der Waals surface area contributed by atoms with Crippen LogP contribution in [0.5, 0.6) is 0 Å². The normalized spacial score (nSPS) is 15.3. The molecule has 17 nitrogen and oxygen atoms in total. The number of nitrogens with one attached hydrogen (secondary N) is 4. The predicted octanol–water partition coefficient (Wildman–Crippen LogP) is -5.18. The molecule has 0 bridgehead atoms. The van der Waals surface area contributed by atoms with E-state index in [2.05, 4.69) is 38.9 Å². The molecule has 0 saturated heterocycles. The fourth-order valence-corrected chi connectivity index (χ4v) is 3.47. The fraction of sp³-hybridized carbons (Fsp3) is 0.727. The summed E-state index contributed by atoms with van der Waals surface area (Å²) in [4.78, 5) is 65.9. The third-order valence-corrected chi connectivity index (χ3v) is 5.96. The number of rotatable bonds is 20. The Bertz CT molecular complexity index is 873. The average Bonchev–Trinajstić information content (AvgIpc) is 2.89. The first-order chi connectivity index (χ1) is 18.8. The van der Waals surface area contributed by atoms with Crippen molar-refractivity contribution in [1.29, 1.82) is 0 Å². The van der Waals surface area contributed by atoms with Gasteiger partial charge in [0, 0.05) is 12.3 Å². The number of aliphatic hydroxyl groups excluding tert-OH is 2. The SMILES string of the molecule is C[C@@H](O)[C@H](N)C(=O)N[C@H](CCCCN)C(=O)N[C@@H](CO)C(=O)N[C@H](CS)C(=O)N[C@@H](CCCN=C(N)N)C(=O)O. The zero-order valence-electron chi connectivity index (χ0n) is 22.4. The Morgan fingerprint density at radius 2 is 1.32 bits per heavy atom. The van der Waals surface area contributed by atoms with Crippen LogP contribution >= 0.6 is 12.6 Å². The van der Waals surface area contributed by atoms with Crippen molar-refractivity contribution in [2.45, 2.75) is 75.3 Å². The molecule has 230 valence electrons. The van der Waals surface area contributed by atoms with Gasteiger partial charge < -0.3 is 59.5 Å². The van der Waals surface area contributed by atoms with Gasteiger partial charge in [-0.25, -0.2) is 4.79 Å². The number of hydrogen-bond acceptors (Lipinski definition) is 11. The molecular formula is C22H43N9O8S. The number of nitrogens with two attached hydrogens (primary N) is 4. The van der Waals surface area contributed by atoms with E-state index >= 15 is 0 Å². The monoisotopic (exact) mass is 593 g/mol. The minimum atomic E-state index is -1.53. The molecule has 0 fully saturated rings. The maximum Gasteiger partial charge on any atom is 0.326 e. The summed E-state index contributed by atoms with van der Waals surface area (Å²) in [7, 11) is 0.